The van der Waals surface area contributed by atoms with Crippen LogP contribution in [0, 0.1) is 23.7 Å². The molecule has 362 valence electrons. The molecule has 6 N–H and O–H groups in total. The number of alkyl halides is 3. The van der Waals surface area contributed by atoms with Gasteiger partial charge in [-0.05, 0) is 111 Å². The molecule has 4 saturated heterocycles. The van der Waals surface area contributed by atoms with E-state index in [1.807, 2.05) is 48.5 Å². The van der Waals surface area contributed by atoms with E-state index in [4.69, 9.17) is 42.1 Å². The van der Waals surface area contributed by atoms with Gasteiger partial charge in [-0.15, -0.1) is 0 Å². The normalized spacial score (nSPS) is 26.9. The Hall–Kier alpha value is -4.26. The molecule has 0 aliphatic carbocycles. The Kier molecular flexibility index (Phi) is 16.8. The van der Waals surface area contributed by atoms with E-state index in [2.05, 4.69) is 61.8 Å². The highest BCUT2D eigenvalue weighted by Gasteiger charge is 2.42. The molecule has 0 spiro atoms. The predicted octanol–water partition coefficient (Wildman–Crippen LogP) is 9.11. The van der Waals surface area contributed by atoms with Gasteiger partial charge in [-0.2, -0.15) is 13.2 Å². The lowest BCUT2D eigenvalue weighted by Gasteiger charge is -2.38. The smallest absolute Gasteiger partial charge is 0.385 e. The number of carbonyl (C=O) groups excluding carboxylic acids is 1. The first-order chi connectivity index (χ1) is 32.3. The number of hydrogen-bond donors (Lipinski definition) is 6. The van der Waals surface area contributed by atoms with Crippen molar-refractivity contribution in [3.63, 3.8) is 0 Å². The maximum atomic E-state index is 13.6. The van der Waals surface area contributed by atoms with Crippen LogP contribution in [0.3, 0.4) is 0 Å². The average Bonchev–Trinajstić information content (AvgIpc) is 3.32. The molecule has 8 rings (SSSR count). The summed E-state index contributed by atoms with van der Waals surface area (Å²) < 4.78 is 63.9. The summed E-state index contributed by atoms with van der Waals surface area (Å²) in [5, 5.41) is 20.5. The third-order valence-electron chi connectivity index (χ3n) is 13.1. The Balaban J connectivity index is 0.804. The highest BCUT2D eigenvalue weighted by atomic mass is 35.5. The number of hydrogen-bond acceptors (Lipinski definition) is 12. The van der Waals surface area contributed by atoms with Gasteiger partial charge in [0.1, 0.15) is 24.5 Å². The topological polar surface area (TPSA) is 152 Å². The number of halogens is 5. The quantitative estimate of drug-likeness (QED) is 0.0470. The van der Waals surface area contributed by atoms with Crippen LogP contribution < -0.4 is 31.9 Å². The standard InChI is InChI=1S/C49H61Cl2F3N8O5/c1-29-11-32(12-30(2)66-29)21-58-38-8-4-6-35(16-38)40-18-47(60-24-42(40)51)62-48(63)45-26-56-25-44(67-45)43-14-31(9-10-65-43)20-57-37-7-3-5-34(15-37)39-17-46(59-23-41(39)50)61-28-64-27-33-13-36(22-55-19-33)49(52,53)54/h3-8,15-18,23-24,29-33,36,43-45,55-58H,9-14,19-22,25-28H2,1-2H3,(H,59,61)(H,60,62,63). The molecule has 1 amide bonds. The van der Waals surface area contributed by atoms with Gasteiger partial charge in [-0.1, -0.05) is 47.5 Å². The lowest BCUT2D eigenvalue weighted by atomic mass is 9.90. The van der Waals surface area contributed by atoms with Crippen LogP contribution in [0.15, 0.2) is 73.1 Å². The number of rotatable bonds is 16. The van der Waals surface area contributed by atoms with Crippen LogP contribution in [0.2, 0.25) is 10.0 Å². The summed E-state index contributed by atoms with van der Waals surface area (Å²) >= 11 is 13.3. The Labute approximate surface area is 400 Å². The van der Waals surface area contributed by atoms with Crippen LogP contribution >= 0.6 is 23.2 Å². The summed E-state index contributed by atoms with van der Waals surface area (Å²) in [6.07, 6.45) is 1.88. The molecule has 2 aromatic heterocycles. The molecule has 4 aliphatic rings. The molecule has 0 radical (unpaired) electrons. The van der Waals surface area contributed by atoms with Gasteiger partial charge in [0.2, 0.25) is 0 Å². The van der Waals surface area contributed by atoms with E-state index in [1.54, 1.807) is 18.5 Å². The second-order valence-corrected chi connectivity index (χ2v) is 19.2. The first-order valence-electron chi connectivity index (χ1n) is 23.4. The average molecular weight is 970 g/mol. The summed E-state index contributed by atoms with van der Waals surface area (Å²) in [6, 6.07) is 19.7. The number of ether oxygens (including phenoxy) is 4. The van der Waals surface area contributed by atoms with E-state index in [9.17, 15) is 18.0 Å². The minimum absolute atomic E-state index is 0.0467. The van der Waals surface area contributed by atoms with Crippen molar-refractivity contribution in [1.82, 2.24) is 20.6 Å². The SMILES string of the molecule is CC1CC(CNc2cccc(-c3cc(NC(=O)C4CNCC(C5CC(CNc6cccc(-c7cc(NCOCC8CNCC(C(F)(F)F)C8)ncc7Cl)c6)CCO5)O4)ncc3Cl)c2)CC(C)O1. The lowest BCUT2D eigenvalue weighted by Crippen LogP contribution is -2.55. The molecule has 8 atom stereocenters. The van der Waals surface area contributed by atoms with Gasteiger partial charge in [-0.3, -0.25) is 4.79 Å². The molecule has 4 fully saturated rings. The van der Waals surface area contributed by atoms with Crippen molar-refractivity contribution in [2.24, 2.45) is 23.7 Å². The molecule has 2 aromatic carbocycles. The molecular formula is C49H61Cl2F3N8O5. The van der Waals surface area contributed by atoms with E-state index >= 15 is 0 Å². The van der Waals surface area contributed by atoms with E-state index in [1.165, 1.54) is 0 Å². The Morgan fingerprint density at radius 2 is 1.39 bits per heavy atom. The van der Waals surface area contributed by atoms with Crippen LogP contribution in [0.25, 0.3) is 22.3 Å². The van der Waals surface area contributed by atoms with E-state index in [0.717, 1.165) is 65.9 Å². The number of aromatic nitrogens is 2. The number of nitrogens with one attached hydrogen (secondary N) is 6. The largest absolute Gasteiger partial charge is 0.393 e. The number of anilines is 4. The first-order valence-corrected chi connectivity index (χ1v) is 24.1. The fourth-order valence-electron chi connectivity index (χ4n) is 9.66. The lowest BCUT2D eigenvalue weighted by molar-refractivity contribution is -0.183. The molecule has 0 bridgehead atoms. The molecule has 4 aliphatic heterocycles. The third-order valence-corrected chi connectivity index (χ3v) is 13.7. The molecule has 0 saturated carbocycles. The van der Waals surface area contributed by atoms with E-state index in [-0.39, 0.29) is 62.5 Å². The summed E-state index contributed by atoms with van der Waals surface area (Å²) in [6.45, 7) is 8.05. The van der Waals surface area contributed by atoms with Crippen molar-refractivity contribution in [1.29, 1.82) is 0 Å². The molecule has 18 heteroatoms. The second kappa shape index (κ2) is 22.9. The molecule has 67 heavy (non-hydrogen) atoms. The monoisotopic (exact) mass is 968 g/mol. The van der Waals surface area contributed by atoms with E-state index < -0.39 is 18.2 Å². The van der Waals surface area contributed by atoms with Gasteiger partial charge in [0.15, 0.2) is 0 Å². The summed E-state index contributed by atoms with van der Waals surface area (Å²) in [7, 11) is 0. The number of carbonyl (C=O) groups is 1. The Bertz CT molecular complexity index is 2270. The van der Waals surface area contributed by atoms with Gasteiger partial charge in [0.05, 0.1) is 47.0 Å². The van der Waals surface area contributed by atoms with Crippen molar-refractivity contribution < 1.29 is 36.9 Å². The van der Waals surface area contributed by atoms with Gasteiger partial charge in [0.25, 0.3) is 5.91 Å². The van der Waals surface area contributed by atoms with Crippen LogP contribution in [0.5, 0.6) is 0 Å². The zero-order valence-electron chi connectivity index (χ0n) is 37.8. The van der Waals surface area contributed by atoms with Gasteiger partial charge in [0, 0.05) is 80.8 Å². The fourth-order valence-corrected chi connectivity index (χ4v) is 10.1. The van der Waals surface area contributed by atoms with Crippen molar-refractivity contribution >= 4 is 52.1 Å². The highest BCUT2D eigenvalue weighted by Crippen LogP contribution is 2.35. The number of amides is 1. The van der Waals surface area contributed by atoms with Gasteiger partial charge >= 0.3 is 6.18 Å². The maximum absolute atomic E-state index is 13.6. The molecule has 13 nitrogen and oxygen atoms in total. The number of piperidine rings is 1. The number of pyridine rings is 2. The minimum Gasteiger partial charge on any atom is -0.385 e. The summed E-state index contributed by atoms with van der Waals surface area (Å²) in [5.41, 5.74) is 5.26. The third kappa shape index (κ3) is 13.7. The maximum Gasteiger partial charge on any atom is 0.393 e. The Morgan fingerprint density at radius 3 is 2.07 bits per heavy atom. The van der Waals surface area contributed by atoms with Gasteiger partial charge < -0.3 is 50.8 Å². The molecule has 6 heterocycles. The van der Waals surface area contributed by atoms with Crippen LogP contribution in [0.4, 0.5) is 36.2 Å². The molecule has 8 unspecified atom stereocenters. The van der Waals surface area contributed by atoms with Crippen LogP contribution in [-0.2, 0) is 23.7 Å². The van der Waals surface area contributed by atoms with Crippen LogP contribution in [0.1, 0.15) is 46.0 Å². The van der Waals surface area contributed by atoms with Crippen molar-refractivity contribution in [3.05, 3.63) is 83.1 Å². The fraction of sp³-hybridized carbons (Fsp3) is 0.531. The predicted molar refractivity (Wildman–Crippen MR) is 257 cm³/mol. The van der Waals surface area contributed by atoms with Crippen molar-refractivity contribution in [2.45, 2.75) is 82.6 Å². The van der Waals surface area contributed by atoms with Crippen molar-refractivity contribution in [2.75, 3.05) is 80.5 Å². The first kappa shape index (κ1) is 49.2. The number of morpholine rings is 1. The summed E-state index contributed by atoms with van der Waals surface area (Å²) in [4.78, 5) is 22.4. The van der Waals surface area contributed by atoms with Gasteiger partial charge in [-0.25, -0.2) is 9.97 Å². The zero-order valence-corrected chi connectivity index (χ0v) is 39.4. The van der Waals surface area contributed by atoms with Crippen LogP contribution in [-0.4, -0.2) is 112 Å². The zero-order chi connectivity index (χ0) is 46.9. The molecular weight excluding hydrogens is 908 g/mol. The Morgan fingerprint density at radius 1 is 0.746 bits per heavy atom. The van der Waals surface area contributed by atoms with Crippen molar-refractivity contribution in [3.8, 4) is 22.3 Å². The highest BCUT2D eigenvalue weighted by molar-refractivity contribution is 6.33. The second-order valence-electron chi connectivity index (χ2n) is 18.4. The number of benzene rings is 2. The van der Waals surface area contributed by atoms with E-state index in [0.29, 0.717) is 66.3 Å². The summed E-state index contributed by atoms with van der Waals surface area (Å²) in [5.74, 6) is -0.144. The minimum atomic E-state index is -4.22. The number of nitrogens with zero attached hydrogens (tertiary/aromatic N) is 2. The molecule has 4 aromatic rings.